The van der Waals surface area contributed by atoms with E-state index in [1.807, 2.05) is 6.92 Å². The maximum Gasteiger partial charge on any atom is 0.327 e. The van der Waals surface area contributed by atoms with Crippen LogP contribution in [-0.4, -0.2) is 15.9 Å². The summed E-state index contributed by atoms with van der Waals surface area (Å²) in [5.41, 5.74) is 0. The average Bonchev–Trinajstić information content (AvgIpc) is 1.97. The van der Waals surface area contributed by atoms with Crippen molar-refractivity contribution in [2.24, 2.45) is 0 Å². The van der Waals surface area contributed by atoms with E-state index < -0.39 is 8.60 Å². The third-order valence-corrected chi connectivity index (χ3v) is 2.29. The van der Waals surface area contributed by atoms with Gasteiger partial charge in [0.25, 0.3) is 0 Å². The van der Waals surface area contributed by atoms with Gasteiger partial charge in [-0.2, -0.15) is 0 Å². The molecule has 0 aliphatic carbocycles. The summed E-state index contributed by atoms with van der Waals surface area (Å²) in [6.07, 6.45) is 5.68. The van der Waals surface area contributed by atoms with Crippen molar-refractivity contribution in [3.8, 4) is 0 Å². The second-order valence-electron chi connectivity index (χ2n) is 3.02. The van der Waals surface area contributed by atoms with Crippen molar-refractivity contribution in [3.05, 3.63) is 0 Å². The minimum atomic E-state index is -2.16. The highest BCUT2D eigenvalue weighted by Crippen LogP contribution is 2.28. The molecule has 12 heavy (non-hydrogen) atoms. The predicted molar refractivity (Wildman–Crippen MR) is 50.7 cm³/mol. The van der Waals surface area contributed by atoms with Gasteiger partial charge in [-0.3, -0.25) is 0 Å². The first-order valence-corrected chi connectivity index (χ1v) is 5.68. The molecule has 0 heterocycles. The molecular formula is C8H19O3P. The summed E-state index contributed by atoms with van der Waals surface area (Å²) in [6.45, 7) is 4.04. The molecule has 2 N–H and O–H groups in total. The molecule has 0 amide bonds. The Kier molecular flexibility index (Phi) is 8.14. The molecule has 0 unspecified atom stereocenters. The Labute approximate surface area is 75.8 Å². The van der Waals surface area contributed by atoms with Gasteiger partial charge in [-0.05, 0) is 13.3 Å². The van der Waals surface area contributed by atoms with Crippen LogP contribution in [0.15, 0.2) is 0 Å². The molecule has 74 valence electrons. The molecule has 0 aromatic carbocycles. The van der Waals surface area contributed by atoms with Gasteiger partial charge in [0.2, 0.25) is 0 Å². The first-order chi connectivity index (χ1) is 5.66. The van der Waals surface area contributed by atoms with E-state index in [4.69, 9.17) is 14.3 Å². The maximum atomic E-state index is 8.52. The monoisotopic (exact) mass is 194 g/mol. The van der Waals surface area contributed by atoms with Crippen molar-refractivity contribution in [1.29, 1.82) is 0 Å². The lowest BCUT2D eigenvalue weighted by Crippen LogP contribution is -2.03. The zero-order valence-electron chi connectivity index (χ0n) is 7.86. The number of rotatable bonds is 7. The molecule has 0 bridgehead atoms. The molecule has 0 saturated heterocycles. The fourth-order valence-electron chi connectivity index (χ4n) is 1.07. The summed E-state index contributed by atoms with van der Waals surface area (Å²) < 4.78 is 4.81. The second-order valence-corrected chi connectivity index (χ2v) is 3.73. The molecule has 1 atom stereocenters. The SMILES string of the molecule is CCCCCC[C@@H](C)OP(O)O. The summed E-state index contributed by atoms with van der Waals surface area (Å²) in [4.78, 5) is 17.0. The molecule has 0 aromatic heterocycles. The van der Waals surface area contributed by atoms with Crippen molar-refractivity contribution in [2.75, 3.05) is 0 Å². The Morgan fingerprint density at radius 1 is 1.25 bits per heavy atom. The Balaban J connectivity index is 3.14. The normalized spacial score (nSPS) is 13.8. The fourth-order valence-corrected chi connectivity index (χ4v) is 1.50. The van der Waals surface area contributed by atoms with Gasteiger partial charge in [-0.25, -0.2) is 0 Å². The van der Waals surface area contributed by atoms with E-state index in [-0.39, 0.29) is 6.10 Å². The van der Waals surface area contributed by atoms with E-state index in [1.165, 1.54) is 19.3 Å². The minimum absolute atomic E-state index is 0.0250. The van der Waals surface area contributed by atoms with Crippen LogP contribution in [0.25, 0.3) is 0 Å². The summed E-state index contributed by atoms with van der Waals surface area (Å²) in [7, 11) is -2.16. The second kappa shape index (κ2) is 7.93. The van der Waals surface area contributed by atoms with E-state index >= 15 is 0 Å². The lowest BCUT2D eigenvalue weighted by molar-refractivity contribution is 0.174. The lowest BCUT2D eigenvalue weighted by atomic mass is 10.1. The molecule has 3 nitrogen and oxygen atoms in total. The van der Waals surface area contributed by atoms with Gasteiger partial charge in [-0.15, -0.1) is 0 Å². The van der Waals surface area contributed by atoms with Crippen LogP contribution in [0.2, 0.25) is 0 Å². The van der Waals surface area contributed by atoms with Crippen LogP contribution in [0, 0.1) is 0 Å². The van der Waals surface area contributed by atoms with Gasteiger partial charge in [0.05, 0.1) is 6.10 Å². The van der Waals surface area contributed by atoms with E-state index in [9.17, 15) is 0 Å². The van der Waals surface area contributed by atoms with E-state index in [0.717, 1.165) is 12.8 Å². The molecule has 0 spiro atoms. The number of hydrogen-bond acceptors (Lipinski definition) is 3. The third kappa shape index (κ3) is 8.41. The van der Waals surface area contributed by atoms with Crippen molar-refractivity contribution < 1.29 is 14.3 Å². The van der Waals surface area contributed by atoms with Crippen LogP contribution in [0.4, 0.5) is 0 Å². The quantitative estimate of drug-likeness (QED) is 0.483. The van der Waals surface area contributed by atoms with Crippen LogP contribution < -0.4 is 0 Å². The molecule has 0 aliphatic rings. The van der Waals surface area contributed by atoms with Gasteiger partial charge in [-0.1, -0.05) is 32.6 Å². The number of hydrogen-bond donors (Lipinski definition) is 2. The van der Waals surface area contributed by atoms with Gasteiger partial charge in [0, 0.05) is 0 Å². The Morgan fingerprint density at radius 3 is 2.42 bits per heavy atom. The third-order valence-electron chi connectivity index (χ3n) is 1.74. The minimum Gasteiger partial charge on any atom is -0.328 e. The highest BCUT2D eigenvalue weighted by molar-refractivity contribution is 7.39. The van der Waals surface area contributed by atoms with Crippen molar-refractivity contribution in [2.45, 2.75) is 52.1 Å². The molecule has 0 aliphatic heterocycles. The molecule has 0 rings (SSSR count). The van der Waals surface area contributed by atoms with Crippen LogP contribution in [0.3, 0.4) is 0 Å². The van der Waals surface area contributed by atoms with Crippen molar-refractivity contribution in [1.82, 2.24) is 0 Å². The summed E-state index contributed by atoms with van der Waals surface area (Å²) in [5, 5.41) is 0. The Bertz CT molecular complexity index is 98.3. The standard InChI is InChI=1S/C8H19O3P/c1-3-4-5-6-7-8(2)11-12(9)10/h8-10H,3-7H2,1-2H3/t8-/m1/s1. The maximum absolute atomic E-state index is 8.52. The molecule has 4 heteroatoms. The van der Waals surface area contributed by atoms with Crippen LogP contribution in [0.1, 0.15) is 46.0 Å². The van der Waals surface area contributed by atoms with Crippen LogP contribution in [-0.2, 0) is 4.52 Å². The first-order valence-electron chi connectivity index (χ1n) is 4.51. The van der Waals surface area contributed by atoms with E-state index in [0.29, 0.717) is 0 Å². The van der Waals surface area contributed by atoms with Gasteiger partial charge in [0.15, 0.2) is 0 Å². The highest BCUT2D eigenvalue weighted by Gasteiger charge is 2.07. The highest BCUT2D eigenvalue weighted by atomic mass is 31.2. The van der Waals surface area contributed by atoms with Gasteiger partial charge >= 0.3 is 8.60 Å². The molecular weight excluding hydrogens is 175 g/mol. The van der Waals surface area contributed by atoms with E-state index in [1.54, 1.807) is 0 Å². The predicted octanol–water partition coefficient (Wildman–Crippen LogP) is 2.57. The van der Waals surface area contributed by atoms with Crippen molar-refractivity contribution in [3.63, 3.8) is 0 Å². The lowest BCUT2D eigenvalue weighted by Gasteiger charge is -2.11. The Hall–Kier alpha value is 0.310. The molecule has 0 aromatic rings. The van der Waals surface area contributed by atoms with E-state index in [2.05, 4.69) is 6.92 Å². The van der Waals surface area contributed by atoms with Gasteiger partial charge < -0.3 is 14.3 Å². The topological polar surface area (TPSA) is 49.7 Å². The molecule has 0 fully saturated rings. The van der Waals surface area contributed by atoms with Crippen LogP contribution >= 0.6 is 8.60 Å². The summed E-state index contributed by atoms with van der Waals surface area (Å²) >= 11 is 0. The zero-order valence-corrected chi connectivity index (χ0v) is 8.76. The average molecular weight is 194 g/mol. The summed E-state index contributed by atoms with van der Waals surface area (Å²) in [6, 6.07) is 0. The largest absolute Gasteiger partial charge is 0.328 e. The molecule has 0 saturated carbocycles. The van der Waals surface area contributed by atoms with Gasteiger partial charge in [0.1, 0.15) is 0 Å². The van der Waals surface area contributed by atoms with Crippen molar-refractivity contribution >= 4 is 8.60 Å². The number of unbranched alkanes of at least 4 members (excludes halogenated alkanes) is 3. The fraction of sp³-hybridized carbons (Fsp3) is 1.00. The smallest absolute Gasteiger partial charge is 0.327 e. The first kappa shape index (κ1) is 12.3. The molecule has 0 radical (unpaired) electrons. The Morgan fingerprint density at radius 2 is 1.92 bits per heavy atom. The van der Waals surface area contributed by atoms with Crippen LogP contribution in [0.5, 0.6) is 0 Å². The summed E-state index contributed by atoms with van der Waals surface area (Å²) in [5.74, 6) is 0. The zero-order chi connectivity index (χ0) is 9.40.